The van der Waals surface area contributed by atoms with E-state index in [0.717, 1.165) is 20.0 Å². The predicted octanol–water partition coefficient (Wildman–Crippen LogP) is 7.92. The molecule has 0 saturated carbocycles. The Morgan fingerprint density at radius 3 is 1.23 bits per heavy atom. The van der Waals surface area contributed by atoms with Gasteiger partial charge in [-0.3, -0.25) is 0 Å². The minimum atomic E-state index is 0.103. The lowest BCUT2D eigenvalue weighted by Crippen LogP contribution is -2.10. The highest BCUT2D eigenvalue weighted by atomic mass is 79.9. The molecule has 0 spiro atoms. The lowest BCUT2D eigenvalue weighted by Gasteiger charge is -2.20. The second-order valence-corrected chi connectivity index (χ2v) is 11.0. The number of hydrogen-bond acceptors (Lipinski definition) is 0. The first-order valence-corrected chi connectivity index (χ1v) is 10.5. The SMILES string of the molecule is CC(C)(C)c1cc(Br)c2[nH]c3c4cc(C(C)(C)C)cc(Br)c4[nH]c3c2c1. The van der Waals surface area contributed by atoms with Gasteiger partial charge in [-0.25, -0.2) is 0 Å². The van der Waals surface area contributed by atoms with Crippen LogP contribution < -0.4 is 0 Å². The van der Waals surface area contributed by atoms with Crippen molar-refractivity contribution in [3.63, 3.8) is 0 Å². The van der Waals surface area contributed by atoms with Crippen LogP contribution >= 0.6 is 31.9 Å². The Labute approximate surface area is 171 Å². The first-order valence-electron chi connectivity index (χ1n) is 8.94. The molecule has 0 amide bonds. The molecule has 0 radical (unpaired) electrons. The van der Waals surface area contributed by atoms with Crippen LogP contribution in [0.25, 0.3) is 32.8 Å². The Bertz CT molecular complexity index is 1070. The fourth-order valence-corrected chi connectivity index (χ4v) is 4.63. The molecule has 0 aliphatic heterocycles. The van der Waals surface area contributed by atoms with E-state index in [1.54, 1.807) is 0 Å². The van der Waals surface area contributed by atoms with E-state index >= 15 is 0 Å². The maximum Gasteiger partial charge on any atom is 0.0726 e. The summed E-state index contributed by atoms with van der Waals surface area (Å²) in [6.07, 6.45) is 0. The number of benzene rings is 2. The lowest BCUT2D eigenvalue weighted by molar-refractivity contribution is 0.590. The van der Waals surface area contributed by atoms with Crippen molar-refractivity contribution in [2.24, 2.45) is 0 Å². The third kappa shape index (κ3) is 2.73. The largest absolute Gasteiger partial charge is 0.352 e. The predicted molar refractivity (Wildman–Crippen MR) is 120 cm³/mol. The Morgan fingerprint density at radius 1 is 0.577 bits per heavy atom. The molecule has 0 atom stereocenters. The van der Waals surface area contributed by atoms with Crippen molar-refractivity contribution in [1.29, 1.82) is 0 Å². The number of nitrogens with one attached hydrogen (secondary N) is 2. The molecule has 136 valence electrons. The van der Waals surface area contributed by atoms with Crippen molar-refractivity contribution in [2.45, 2.75) is 52.4 Å². The first-order chi connectivity index (χ1) is 12.0. The van der Waals surface area contributed by atoms with Gasteiger partial charge in [-0.05, 0) is 78.1 Å². The molecule has 4 rings (SSSR count). The van der Waals surface area contributed by atoms with E-state index < -0.39 is 0 Å². The zero-order valence-corrected chi connectivity index (χ0v) is 19.2. The highest BCUT2D eigenvalue weighted by molar-refractivity contribution is 9.11. The molecule has 4 aromatic rings. The number of aromatic amines is 2. The summed E-state index contributed by atoms with van der Waals surface area (Å²) in [4.78, 5) is 7.31. The smallest absolute Gasteiger partial charge is 0.0726 e. The first kappa shape index (κ1) is 18.1. The van der Waals surface area contributed by atoms with Gasteiger partial charge < -0.3 is 9.97 Å². The molecule has 0 fully saturated rings. The van der Waals surface area contributed by atoms with Gasteiger partial charge in [0.25, 0.3) is 0 Å². The van der Waals surface area contributed by atoms with E-state index in [-0.39, 0.29) is 10.8 Å². The van der Waals surface area contributed by atoms with Crippen molar-refractivity contribution in [2.75, 3.05) is 0 Å². The van der Waals surface area contributed by atoms with E-state index in [2.05, 4.69) is 108 Å². The number of hydrogen-bond donors (Lipinski definition) is 2. The quantitative estimate of drug-likeness (QED) is 0.258. The molecule has 0 bridgehead atoms. The van der Waals surface area contributed by atoms with Gasteiger partial charge in [0.2, 0.25) is 0 Å². The van der Waals surface area contributed by atoms with E-state index in [9.17, 15) is 0 Å². The van der Waals surface area contributed by atoms with Crippen molar-refractivity contribution in [3.05, 3.63) is 44.3 Å². The summed E-state index contributed by atoms with van der Waals surface area (Å²) in [6.45, 7) is 13.5. The average Bonchev–Trinajstić information content (AvgIpc) is 3.03. The molecule has 0 aliphatic rings. The van der Waals surface area contributed by atoms with Crippen LogP contribution in [0.5, 0.6) is 0 Å². The molecule has 2 aromatic carbocycles. The van der Waals surface area contributed by atoms with E-state index in [4.69, 9.17) is 0 Å². The molecule has 0 saturated heterocycles. The van der Waals surface area contributed by atoms with E-state index in [0.29, 0.717) is 0 Å². The minimum Gasteiger partial charge on any atom is -0.352 e. The number of halogens is 2. The maximum absolute atomic E-state index is 3.77. The highest BCUT2D eigenvalue weighted by Crippen LogP contribution is 2.40. The molecule has 0 aliphatic carbocycles. The van der Waals surface area contributed by atoms with Crippen LogP contribution in [0, 0.1) is 0 Å². The van der Waals surface area contributed by atoms with Gasteiger partial charge in [0.1, 0.15) is 0 Å². The second kappa shape index (κ2) is 5.62. The van der Waals surface area contributed by atoms with Gasteiger partial charge in [0, 0.05) is 19.7 Å². The van der Waals surface area contributed by atoms with Crippen LogP contribution in [0.2, 0.25) is 0 Å². The summed E-state index contributed by atoms with van der Waals surface area (Å²) in [5.41, 5.74) is 7.51. The van der Waals surface area contributed by atoms with E-state index in [1.807, 2.05) is 0 Å². The normalized spacial score (nSPS) is 13.4. The van der Waals surface area contributed by atoms with Gasteiger partial charge in [-0.15, -0.1) is 0 Å². The summed E-state index contributed by atoms with van der Waals surface area (Å²) in [6, 6.07) is 9.09. The molecule has 26 heavy (non-hydrogen) atoms. The molecule has 2 N–H and O–H groups in total. The Morgan fingerprint density at radius 2 is 0.923 bits per heavy atom. The molecular formula is C22H24Br2N2. The Hall–Kier alpha value is -1.26. The molecule has 0 unspecified atom stereocenters. The lowest BCUT2D eigenvalue weighted by atomic mass is 9.86. The molecule has 2 aromatic heterocycles. The summed E-state index contributed by atoms with van der Waals surface area (Å²) in [5.74, 6) is 0. The van der Waals surface area contributed by atoms with Gasteiger partial charge in [0.15, 0.2) is 0 Å². The number of H-pyrrole nitrogens is 2. The molecule has 4 heteroatoms. The third-order valence-corrected chi connectivity index (χ3v) is 6.45. The van der Waals surface area contributed by atoms with Crippen LogP contribution in [-0.4, -0.2) is 9.97 Å². The maximum atomic E-state index is 3.77. The van der Waals surface area contributed by atoms with Gasteiger partial charge in [-0.2, -0.15) is 0 Å². The Balaban J connectivity index is 2.12. The van der Waals surface area contributed by atoms with Crippen LogP contribution in [-0.2, 0) is 10.8 Å². The number of rotatable bonds is 0. The van der Waals surface area contributed by atoms with Crippen molar-refractivity contribution in [3.8, 4) is 0 Å². The minimum absolute atomic E-state index is 0.103. The fraction of sp³-hybridized carbons (Fsp3) is 0.364. The number of fused-ring (bicyclic) bond motifs is 5. The molecular weight excluding hydrogens is 452 g/mol. The monoisotopic (exact) mass is 474 g/mol. The van der Waals surface area contributed by atoms with Crippen LogP contribution in [0.4, 0.5) is 0 Å². The second-order valence-electron chi connectivity index (χ2n) is 9.26. The summed E-state index contributed by atoms with van der Waals surface area (Å²) in [5, 5.41) is 2.47. The zero-order valence-electron chi connectivity index (χ0n) is 16.1. The standard InChI is InChI=1S/C22H24Br2N2/c1-21(2,3)11-7-13-17(15(23)9-11)25-20-14-8-12(22(4,5)6)10-16(24)18(14)26-19(13)20/h7-10,25-26H,1-6H3. The van der Waals surface area contributed by atoms with Crippen LogP contribution in [0.3, 0.4) is 0 Å². The summed E-state index contributed by atoms with van der Waals surface area (Å²) >= 11 is 7.55. The van der Waals surface area contributed by atoms with Crippen LogP contribution in [0.15, 0.2) is 33.2 Å². The fourth-order valence-electron chi connectivity index (χ4n) is 3.51. The van der Waals surface area contributed by atoms with Crippen molar-refractivity contribution >= 4 is 64.7 Å². The highest BCUT2D eigenvalue weighted by Gasteiger charge is 2.21. The van der Waals surface area contributed by atoms with Crippen LogP contribution in [0.1, 0.15) is 52.7 Å². The van der Waals surface area contributed by atoms with Gasteiger partial charge >= 0.3 is 0 Å². The summed E-state index contributed by atoms with van der Waals surface area (Å²) < 4.78 is 2.23. The molecule has 2 nitrogen and oxygen atoms in total. The zero-order chi connectivity index (χ0) is 19.0. The van der Waals surface area contributed by atoms with Crippen molar-refractivity contribution < 1.29 is 0 Å². The average molecular weight is 476 g/mol. The van der Waals surface area contributed by atoms with E-state index in [1.165, 1.54) is 32.9 Å². The topological polar surface area (TPSA) is 31.6 Å². The number of aromatic nitrogens is 2. The summed E-state index contributed by atoms with van der Waals surface area (Å²) in [7, 11) is 0. The Kier molecular flexibility index (Phi) is 3.92. The molecule has 2 heterocycles. The van der Waals surface area contributed by atoms with Crippen molar-refractivity contribution in [1.82, 2.24) is 9.97 Å². The van der Waals surface area contributed by atoms with Gasteiger partial charge in [0.05, 0.1) is 22.1 Å². The third-order valence-electron chi connectivity index (χ3n) is 5.20. The van der Waals surface area contributed by atoms with Gasteiger partial charge in [-0.1, -0.05) is 41.5 Å².